The number of fused-ring (bicyclic) bond motifs is 1. The number of nitrogens with one attached hydrogen (secondary N) is 1. The SMILES string of the molecule is CNCc1oc2c(Cl)cc(Cl)cc2c1C. The molecule has 4 heteroatoms. The van der Waals surface area contributed by atoms with E-state index < -0.39 is 0 Å². The zero-order valence-electron chi connectivity index (χ0n) is 8.53. The van der Waals surface area contributed by atoms with Gasteiger partial charge in [-0.3, -0.25) is 0 Å². The zero-order chi connectivity index (χ0) is 11.0. The molecule has 0 atom stereocenters. The fraction of sp³-hybridized carbons (Fsp3) is 0.273. The molecule has 0 radical (unpaired) electrons. The van der Waals surface area contributed by atoms with Gasteiger partial charge in [-0.2, -0.15) is 0 Å². The maximum absolute atomic E-state index is 6.05. The lowest BCUT2D eigenvalue weighted by Gasteiger charge is -1.94. The molecule has 2 nitrogen and oxygen atoms in total. The van der Waals surface area contributed by atoms with Crippen LogP contribution >= 0.6 is 23.2 Å². The number of hydrogen-bond acceptors (Lipinski definition) is 2. The van der Waals surface area contributed by atoms with Gasteiger partial charge >= 0.3 is 0 Å². The molecular formula is C11H11Cl2NO. The molecule has 2 rings (SSSR count). The molecule has 15 heavy (non-hydrogen) atoms. The minimum Gasteiger partial charge on any atom is -0.458 e. The molecule has 1 aromatic carbocycles. The Morgan fingerprint density at radius 1 is 1.33 bits per heavy atom. The molecule has 1 aromatic heterocycles. The highest BCUT2D eigenvalue weighted by molar-refractivity contribution is 6.38. The largest absolute Gasteiger partial charge is 0.458 e. The van der Waals surface area contributed by atoms with Crippen molar-refractivity contribution in [3.63, 3.8) is 0 Å². The van der Waals surface area contributed by atoms with E-state index in [1.807, 2.05) is 20.0 Å². The van der Waals surface area contributed by atoms with Crippen LogP contribution in [-0.4, -0.2) is 7.05 Å². The third kappa shape index (κ3) is 1.85. The van der Waals surface area contributed by atoms with Crippen molar-refractivity contribution < 1.29 is 4.42 Å². The van der Waals surface area contributed by atoms with E-state index >= 15 is 0 Å². The lowest BCUT2D eigenvalue weighted by Crippen LogP contribution is -2.04. The highest BCUT2D eigenvalue weighted by Gasteiger charge is 2.13. The summed E-state index contributed by atoms with van der Waals surface area (Å²) < 4.78 is 5.67. The number of hydrogen-bond donors (Lipinski definition) is 1. The summed E-state index contributed by atoms with van der Waals surface area (Å²) in [5, 5.41) is 5.22. The summed E-state index contributed by atoms with van der Waals surface area (Å²) in [4.78, 5) is 0. The van der Waals surface area contributed by atoms with E-state index in [9.17, 15) is 0 Å². The maximum Gasteiger partial charge on any atom is 0.153 e. The molecule has 0 unspecified atom stereocenters. The normalized spacial score (nSPS) is 11.2. The molecule has 0 saturated heterocycles. The van der Waals surface area contributed by atoms with Crippen molar-refractivity contribution >= 4 is 34.2 Å². The Balaban J connectivity index is 2.70. The monoisotopic (exact) mass is 243 g/mol. The van der Waals surface area contributed by atoms with Gasteiger partial charge in [-0.25, -0.2) is 0 Å². The van der Waals surface area contributed by atoms with Crippen LogP contribution < -0.4 is 5.32 Å². The van der Waals surface area contributed by atoms with Gasteiger partial charge in [0.15, 0.2) is 5.58 Å². The van der Waals surface area contributed by atoms with E-state index in [1.54, 1.807) is 6.07 Å². The molecule has 0 fully saturated rings. The Morgan fingerprint density at radius 2 is 2.07 bits per heavy atom. The van der Waals surface area contributed by atoms with Gasteiger partial charge in [0.25, 0.3) is 0 Å². The Bertz CT molecular complexity index is 505. The molecule has 0 aliphatic heterocycles. The van der Waals surface area contributed by atoms with Crippen LogP contribution in [0.25, 0.3) is 11.0 Å². The summed E-state index contributed by atoms with van der Waals surface area (Å²) in [6.45, 7) is 2.69. The van der Waals surface area contributed by atoms with Crippen molar-refractivity contribution in [3.05, 3.63) is 33.5 Å². The van der Waals surface area contributed by atoms with Crippen molar-refractivity contribution in [2.24, 2.45) is 0 Å². The van der Waals surface area contributed by atoms with E-state index in [0.717, 1.165) is 16.7 Å². The van der Waals surface area contributed by atoms with E-state index in [4.69, 9.17) is 27.6 Å². The van der Waals surface area contributed by atoms with Crippen molar-refractivity contribution in [2.75, 3.05) is 7.05 Å². The predicted molar refractivity (Wildman–Crippen MR) is 63.7 cm³/mol. The van der Waals surface area contributed by atoms with E-state index in [1.165, 1.54) is 0 Å². The first-order chi connectivity index (χ1) is 7.13. The van der Waals surface area contributed by atoms with Crippen LogP contribution in [0.3, 0.4) is 0 Å². The fourth-order valence-corrected chi connectivity index (χ4v) is 2.15. The highest BCUT2D eigenvalue weighted by atomic mass is 35.5. The summed E-state index contributed by atoms with van der Waals surface area (Å²) in [6.07, 6.45) is 0. The standard InChI is InChI=1S/C11H11Cl2NO/c1-6-8-3-7(12)4-9(13)11(8)15-10(6)5-14-2/h3-4,14H,5H2,1-2H3. The van der Waals surface area contributed by atoms with Gasteiger partial charge in [-0.05, 0) is 31.7 Å². The average molecular weight is 244 g/mol. The Labute approximate surface area is 98.2 Å². The summed E-state index contributed by atoms with van der Waals surface area (Å²) in [6, 6.07) is 3.57. The molecule has 1 heterocycles. The van der Waals surface area contributed by atoms with Gasteiger partial charge in [0.05, 0.1) is 11.6 Å². The molecule has 80 valence electrons. The minimum absolute atomic E-state index is 0.558. The first-order valence-electron chi connectivity index (χ1n) is 4.65. The number of rotatable bonds is 2. The van der Waals surface area contributed by atoms with Crippen LogP contribution in [-0.2, 0) is 6.54 Å². The van der Waals surface area contributed by atoms with Gasteiger partial charge < -0.3 is 9.73 Å². The Hall–Kier alpha value is -0.700. The van der Waals surface area contributed by atoms with Crippen LogP contribution in [0.4, 0.5) is 0 Å². The molecular weight excluding hydrogens is 233 g/mol. The Morgan fingerprint density at radius 3 is 2.73 bits per heavy atom. The van der Waals surface area contributed by atoms with Crippen LogP contribution in [0.2, 0.25) is 10.0 Å². The topological polar surface area (TPSA) is 25.2 Å². The Kier molecular flexibility index (Phi) is 2.91. The maximum atomic E-state index is 6.05. The van der Waals surface area contributed by atoms with Gasteiger partial charge in [0, 0.05) is 10.4 Å². The molecule has 0 aliphatic rings. The summed E-state index contributed by atoms with van der Waals surface area (Å²) in [5.74, 6) is 0.900. The van der Waals surface area contributed by atoms with Gasteiger partial charge in [0.1, 0.15) is 5.76 Å². The number of aryl methyl sites for hydroxylation is 1. The van der Waals surface area contributed by atoms with Gasteiger partial charge in [-0.15, -0.1) is 0 Å². The quantitative estimate of drug-likeness (QED) is 0.869. The highest BCUT2D eigenvalue weighted by Crippen LogP contribution is 2.33. The average Bonchev–Trinajstić information content (AvgIpc) is 2.47. The first kappa shape index (κ1) is 10.8. The summed E-state index contributed by atoms with van der Waals surface area (Å²) in [7, 11) is 1.88. The fourth-order valence-electron chi connectivity index (χ4n) is 1.62. The second kappa shape index (κ2) is 4.05. The lowest BCUT2D eigenvalue weighted by atomic mass is 10.1. The molecule has 0 saturated carbocycles. The van der Waals surface area contributed by atoms with Crippen molar-refractivity contribution in [1.29, 1.82) is 0 Å². The molecule has 1 N–H and O–H groups in total. The molecule has 0 aliphatic carbocycles. The van der Waals surface area contributed by atoms with Crippen LogP contribution in [0, 0.1) is 6.92 Å². The molecule has 0 amide bonds. The van der Waals surface area contributed by atoms with E-state index in [0.29, 0.717) is 22.2 Å². The predicted octanol–water partition coefficient (Wildman–Crippen LogP) is 3.77. The van der Waals surface area contributed by atoms with Gasteiger partial charge in [0.2, 0.25) is 0 Å². The first-order valence-corrected chi connectivity index (χ1v) is 5.40. The summed E-state index contributed by atoms with van der Waals surface area (Å²) in [5.41, 5.74) is 1.80. The smallest absolute Gasteiger partial charge is 0.153 e. The zero-order valence-corrected chi connectivity index (χ0v) is 10.0. The van der Waals surface area contributed by atoms with Crippen molar-refractivity contribution in [3.8, 4) is 0 Å². The molecule has 2 aromatic rings. The minimum atomic E-state index is 0.558. The summed E-state index contributed by atoms with van der Waals surface area (Å²) >= 11 is 12.0. The number of furan rings is 1. The van der Waals surface area contributed by atoms with Crippen LogP contribution in [0.1, 0.15) is 11.3 Å². The van der Waals surface area contributed by atoms with E-state index in [2.05, 4.69) is 5.32 Å². The second-order valence-corrected chi connectivity index (χ2v) is 4.29. The number of halogens is 2. The molecule has 0 bridgehead atoms. The second-order valence-electron chi connectivity index (χ2n) is 3.44. The van der Waals surface area contributed by atoms with E-state index in [-0.39, 0.29) is 0 Å². The van der Waals surface area contributed by atoms with Gasteiger partial charge in [-0.1, -0.05) is 23.2 Å². The van der Waals surface area contributed by atoms with Crippen molar-refractivity contribution in [2.45, 2.75) is 13.5 Å². The lowest BCUT2D eigenvalue weighted by molar-refractivity contribution is 0.527. The van der Waals surface area contributed by atoms with Crippen LogP contribution in [0.15, 0.2) is 16.5 Å². The van der Waals surface area contributed by atoms with Crippen molar-refractivity contribution in [1.82, 2.24) is 5.32 Å². The van der Waals surface area contributed by atoms with Crippen LogP contribution in [0.5, 0.6) is 0 Å². The number of benzene rings is 1. The molecule has 0 spiro atoms. The third-order valence-electron chi connectivity index (χ3n) is 2.39. The third-order valence-corrected chi connectivity index (χ3v) is 2.89.